The molecule has 0 aliphatic heterocycles. The molecule has 2 heterocycles. The first-order valence-corrected chi connectivity index (χ1v) is 5.79. The summed E-state index contributed by atoms with van der Waals surface area (Å²) in [6, 6.07) is 1.95. The molecule has 0 saturated heterocycles. The van der Waals surface area contributed by atoms with Gasteiger partial charge in [-0.25, -0.2) is 15.0 Å². The largest absolute Gasteiger partial charge is 0.357 e. The number of anilines is 1. The van der Waals surface area contributed by atoms with E-state index in [1.54, 1.807) is 0 Å². The topological polar surface area (TPSA) is 55.6 Å². The number of nitrogens with zero attached hydrogens (tertiary/aromatic N) is 4. The average molecular weight is 231 g/mol. The molecule has 2 rings (SSSR count). The van der Waals surface area contributed by atoms with E-state index in [4.69, 9.17) is 0 Å². The van der Waals surface area contributed by atoms with Gasteiger partial charge in [-0.05, 0) is 19.4 Å². The molecule has 1 N–H and O–H groups in total. The van der Waals surface area contributed by atoms with Crippen molar-refractivity contribution in [2.24, 2.45) is 0 Å². The number of aromatic nitrogens is 4. The van der Waals surface area contributed by atoms with E-state index in [1.807, 2.05) is 32.4 Å². The lowest BCUT2D eigenvalue weighted by atomic mass is 10.3. The zero-order valence-corrected chi connectivity index (χ0v) is 10.4. The summed E-state index contributed by atoms with van der Waals surface area (Å²) < 4.78 is 2.11. The third kappa shape index (κ3) is 2.43. The maximum Gasteiger partial charge on any atom is 0.223 e. The Morgan fingerprint density at radius 3 is 2.88 bits per heavy atom. The first-order valence-electron chi connectivity index (χ1n) is 5.79. The number of rotatable bonds is 4. The molecule has 0 bridgehead atoms. The Kier molecular flexibility index (Phi) is 3.37. The lowest BCUT2D eigenvalue weighted by Crippen LogP contribution is -2.03. The van der Waals surface area contributed by atoms with Crippen LogP contribution in [0.2, 0.25) is 0 Å². The minimum absolute atomic E-state index is 0.631. The van der Waals surface area contributed by atoms with Gasteiger partial charge in [0, 0.05) is 31.7 Å². The second-order valence-electron chi connectivity index (χ2n) is 3.91. The van der Waals surface area contributed by atoms with E-state index in [-0.39, 0.29) is 0 Å². The highest BCUT2D eigenvalue weighted by Gasteiger charge is 2.09. The second kappa shape index (κ2) is 4.95. The van der Waals surface area contributed by atoms with Crippen molar-refractivity contribution in [3.63, 3.8) is 0 Å². The fourth-order valence-corrected chi connectivity index (χ4v) is 1.76. The van der Waals surface area contributed by atoms with Crippen LogP contribution in [0.3, 0.4) is 0 Å². The van der Waals surface area contributed by atoms with Crippen LogP contribution >= 0.6 is 0 Å². The number of imidazole rings is 1. The minimum Gasteiger partial charge on any atom is -0.357 e. The zero-order valence-electron chi connectivity index (χ0n) is 10.4. The Balaban J connectivity index is 2.44. The fourth-order valence-electron chi connectivity index (χ4n) is 1.76. The molecule has 0 radical (unpaired) electrons. The molecule has 0 aliphatic rings. The van der Waals surface area contributed by atoms with Gasteiger partial charge in [0.1, 0.15) is 5.69 Å². The molecule has 0 aliphatic carbocycles. The summed E-state index contributed by atoms with van der Waals surface area (Å²) in [5.41, 5.74) is 1.80. The van der Waals surface area contributed by atoms with Crippen LogP contribution in [0.15, 0.2) is 18.5 Å². The summed E-state index contributed by atoms with van der Waals surface area (Å²) >= 11 is 0. The van der Waals surface area contributed by atoms with E-state index in [0.29, 0.717) is 5.95 Å². The van der Waals surface area contributed by atoms with Crippen LogP contribution in [-0.4, -0.2) is 26.6 Å². The second-order valence-corrected chi connectivity index (χ2v) is 3.91. The minimum atomic E-state index is 0.631. The lowest BCUT2D eigenvalue weighted by molar-refractivity contribution is 0.683. The Morgan fingerprint density at radius 2 is 2.18 bits per heavy atom. The fraction of sp³-hybridized carbons (Fsp3) is 0.417. The summed E-state index contributed by atoms with van der Waals surface area (Å²) in [4.78, 5) is 13.1. The van der Waals surface area contributed by atoms with Crippen molar-refractivity contribution in [2.75, 3.05) is 12.4 Å². The standard InChI is InChI=1S/C12H17N5/c1-4-6-17-7-5-14-11(17)10-8-9(2)15-12(13-3)16-10/h5,7-8H,4,6H2,1-3H3,(H,13,15,16). The highest BCUT2D eigenvalue weighted by molar-refractivity contribution is 5.52. The van der Waals surface area contributed by atoms with Crippen LogP contribution < -0.4 is 5.32 Å². The quantitative estimate of drug-likeness (QED) is 0.875. The third-order valence-corrected chi connectivity index (χ3v) is 2.49. The number of hydrogen-bond acceptors (Lipinski definition) is 4. The van der Waals surface area contributed by atoms with Crippen molar-refractivity contribution in [1.29, 1.82) is 0 Å². The van der Waals surface area contributed by atoms with Crippen molar-refractivity contribution in [3.8, 4) is 11.5 Å². The summed E-state index contributed by atoms with van der Waals surface area (Å²) in [7, 11) is 1.82. The van der Waals surface area contributed by atoms with Crippen LogP contribution in [0.1, 0.15) is 19.0 Å². The molecule has 17 heavy (non-hydrogen) atoms. The van der Waals surface area contributed by atoms with E-state index in [1.165, 1.54) is 0 Å². The Morgan fingerprint density at radius 1 is 1.35 bits per heavy atom. The molecule has 0 atom stereocenters. The zero-order chi connectivity index (χ0) is 12.3. The Bertz CT molecular complexity index is 503. The monoisotopic (exact) mass is 231 g/mol. The molecule has 5 nitrogen and oxygen atoms in total. The van der Waals surface area contributed by atoms with Gasteiger partial charge in [0.2, 0.25) is 5.95 Å². The molecular formula is C12H17N5. The molecule has 0 saturated carbocycles. The lowest BCUT2D eigenvalue weighted by Gasteiger charge is -2.07. The van der Waals surface area contributed by atoms with Crippen LogP contribution in [-0.2, 0) is 6.54 Å². The highest BCUT2D eigenvalue weighted by Crippen LogP contribution is 2.17. The maximum atomic E-state index is 4.43. The summed E-state index contributed by atoms with van der Waals surface area (Å²) in [5.74, 6) is 1.53. The van der Waals surface area contributed by atoms with Crippen LogP contribution in [0.5, 0.6) is 0 Å². The third-order valence-electron chi connectivity index (χ3n) is 2.49. The normalized spacial score (nSPS) is 10.5. The van der Waals surface area contributed by atoms with Crippen molar-refractivity contribution in [1.82, 2.24) is 19.5 Å². The van der Waals surface area contributed by atoms with Gasteiger partial charge in [0.15, 0.2) is 5.82 Å². The van der Waals surface area contributed by atoms with E-state index in [9.17, 15) is 0 Å². The van der Waals surface area contributed by atoms with Gasteiger partial charge < -0.3 is 9.88 Å². The molecule has 0 unspecified atom stereocenters. The Labute approximate surface area is 101 Å². The molecule has 2 aromatic heterocycles. The molecule has 0 aromatic carbocycles. The summed E-state index contributed by atoms with van der Waals surface area (Å²) in [6.45, 7) is 5.06. The summed E-state index contributed by atoms with van der Waals surface area (Å²) in [6.07, 6.45) is 4.86. The van der Waals surface area contributed by atoms with E-state index in [0.717, 1.165) is 30.2 Å². The maximum absolute atomic E-state index is 4.43. The predicted octanol–water partition coefficient (Wildman–Crippen LogP) is 2.10. The number of nitrogens with one attached hydrogen (secondary N) is 1. The van der Waals surface area contributed by atoms with Gasteiger partial charge in [-0.1, -0.05) is 6.92 Å². The SMILES string of the molecule is CCCn1ccnc1-c1cc(C)nc(NC)n1. The van der Waals surface area contributed by atoms with Gasteiger partial charge in [-0.15, -0.1) is 0 Å². The van der Waals surface area contributed by atoms with Crippen molar-refractivity contribution >= 4 is 5.95 Å². The first kappa shape index (κ1) is 11.6. The molecular weight excluding hydrogens is 214 g/mol. The summed E-state index contributed by atoms with van der Waals surface area (Å²) in [5, 5.41) is 2.96. The average Bonchev–Trinajstić information content (AvgIpc) is 2.77. The van der Waals surface area contributed by atoms with Gasteiger partial charge in [-0.2, -0.15) is 0 Å². The van der Waals surface area contributed by atoms with Crippen molar-refractivity contribution in [2.45, 2.75) is 26.8 Å². The Hall–Kier alpha value is -1.91. The molecule has 0 spiro atoms. The van der Waals surface area contributed by atoms with Gasteiger partial charge in [-0.3, -0.25) is 0 Å². The van der Waals surface area contributed by atoms with Crippen LogP contribution in [0.4, 0.5) is 5.95 Å². The van der Waals surface area contributed by atoms with Gasteiger partial charge in [0.25, 0.3) is 0 Å². The van der Waals surface area contributed by atoms with Gasteiger partial charge in [0.05, 0.1) is 0 Å². The molecule has 2 aromatic rings. The van der Waals surface area contributed by atoms with Gasteiger partial charge >= 0.3 is 0 Å². The smallest absolute Gasteiger partial charge is 0.223 e. The molecule has 0 amide bonds. The van der Waals surface area contributed by atoms with Crippen molar-refractivity contribution in [3.05, 3.63) is 24.2 Å². The van der Waals surface area contributed by atoms with E-state index < -0.39 is 0 Å². The highest BCUT2D eigenvalue weighted by atomic mass is 15.1. The number of hydrogen-bond donors (Lipinski definition) is 1. The van der Waals surface area contributed by atoms with Crippen LogP contribution in [0.25, 0.3) is 11.5 Å². The predicted molar refractivity (Wildman–Crippen MR) is 67.8 cm³/mol. The first-order chi connectivity index (χ1) is 8.24. The van der Waals surface area contributed by atoms with E-state index in [2.05, 4.69) is 31.8 Å². The molecule has 0 fully saturated rings. The molecule has 90 valence electrons. The van der Waals surface area contributed by atoms with Crippen molar-refractivity contribution < 1.29 is 0 Å². The van der Waals surface area contributed by atoms with E-state index >= 15 is 0 Å². The van der Waals surface area contributed by atoms with Crippen LogP contribution in [0, 0.1) is 6.92 Å². The molecule has 5 heteroatoms. The number of aryl methyl sites for hydroxylation is 2.